The summed E-state index contributed by atoms with van der Waals surface area (Å²) in [6.07, 6.45) is -0.400. The van der Waals surface area contributed by atoms with E-state index in [4.69, 9.17) is 4.74 Å². The molecule has 0 fully saturated rings. The fourth-order valence-corrected chi connectivity index (χ4v) is 1.40. The third-order valence-corrected chi connectivity index (χ3v) is 2.13. The molecule has 1 rings (SSSR count). The van der Waals surface area contributed by atoms with Gasteiger partial charge in [-0.2, -0.15) is 0 Å². The predicted octanol–water partition coefficient (Wildman–Crippen LogP) is 2.12. The number of benzene rings is 1. The Hall–Kier alpha value is -2.11. The van der Waals surface area contributed by atoms with Crippen molar-refractivity contribution in [1.29, 1.82) is 0 Å². The first kappa shape index (κ1) is 14.9. The number of amides is 1. The standard InChI is InChI=1S/C13H16FNO4/c1-3-18-11-6-5-9(7-10(11)14)15-12(16)8-13(17)19-4-2/h5-7H,3-4,8H2,1-2H3,(H,15,16). The average Bonchev–Trinajstić information content (AvgIpc) is 2.32. The van der Waals surface area contributed by atoms with Crippen LogP contribution in [0.3, 0.4) is 0 Å². The maximum absolute atomic E-state index is 13.5. The molecule has 1 amide bonds. The molecule has 0 bridgehead atoms. The Balaban J connectivity index is 2.60. The Morgan fingerprint density at radius 3 is 2.58 bits per heavy atom. The van der Waals surface area contributed by atoms with E-state index in [9.17, 15) is 14.0 Å². The Kier molecular flexibility index (Phi) is 5.78. The molecule has 0 aromatic heterocycles. The first-order chi connectivity index (χ1) is 9.06. The Bertz CT molecular complexity index is 462. The lowest BCUT2D eigenvalue weighted by molar-refractivity contribution is -0.145. The Labute approximate surface area is 110 Å². The zero-order valence-electron chi connectivity index (χ0n) is 10.9. The number of anilines is 1. The van der Waals surface area contributed by atoms with Crippen LogP contribution in [-0.2, 0) is 14.3 Å². The molecular weight excluding hydrogens is 253 g/mol. The summed E-state index contributed by atoms with van der Waals surface area (Å²) in [7, 11) is 0. The zero-order chi connectivity index (χ0) is 14.3. The summed E-state index contributed by atoms with van der Waals surface area (Å²) in [5, 5.41) is 2.41. The number of nitrogens with one attached hydrogen (secondary N) is 1. The molecule has 0 unspecified atom stereocenters. The van der Waals surface area contributed by atoms with Crippen LogP contribution in [0.25, 0.3) is 0 Å². The van der Waals surface area contributed by atoms with E-state index in [1.165, 1.54) is 12.1 Å². The van der Waals surface area contributed by atoms with Crippen LogP contribution in [0.15, 0.2) is 18.2 Å². The van der Waals surface area contributed by atoms with Gasteiger partial charge in [-0.3, -0.25) is 9.59 Å². The van der Waals surface area contributed by atoms with E-state index >= 15 is 0 Å². The summed E-state index contributed by atoms with van der Waals surface area (Å²) >= 11 is 0. The third kappa shape index (κ3) is 4.95. The van der Waals surface area contributed by atoms with Crippen molar-refractivity contribution in [2.45, 2.75) is 20.3 Å². The number of carbonyl (C=O) groups is 2. The minimum atomic E-state index is -0.619. The molecule has 0 heterocycles. The number of halogens is 1. The normalized spacial score (nSPS) is 9.84. The van der Waals surface area contributed by atoms with Crippen LogP contribution >= 0.6 is 0 Å². The topological polar surface area (TPSA) is 64.6 Å². The minimum Gasteiger partial charge on any atom is -0.491 e. The van der Waals surface area contributed by atoms with Crippen LogP contribution in [0.4, 0.5) is 10.1 Å². The molecule has 1 aromatic carbocycles. The number of hydrogen-bond acceptors (Lipinski definition) is 4. The maximum atomic E-state index is 13.5. The zero-order valence-corrected chi connectivity index (χ0v) is 10.9. The quantitative estimate of drug-likeness (QED) is 0.634. The summed E-state index contributed by atoms with van der Waals surface area (Å²) in [5.74, 6) is -1.63. The van der Waals surface area contributed by atoms with Crippen molar-refractivity contribution in [2.24, 2.45) is 0 Å². The van der Waals surface area contributed by atoms with E-state index in [2.05, 4.69) is 10.1 Å². The first-order valence-electron chi connectivity index (χ1n) is 5.94. The van der Waals surface area contributed by atoms with E-state index in [1.807, 2.05) is 0 Å². The second-order valence-corrected chi connectivity index (χ2v) is 3.61. The van der Waals surface area contributed by atoms with Crippen LogP contribution in [0.2, 0.25) is 0 Å². The second kappa shape index (κ2) is 7.35. The van der Waals surface area contributed by atoms with E-state index in [1.54, 1.807) is 13.8 Å². The van der Waals surface area contributed by atoms with Crippen molar-refractivity contribution in [3.63, 3.8) is 0 Å². The van der Waals surface area contributed by atoms with Gasteiger partial charge in [0.25, 0.3) is 0 Å². The Morgan fingerprint density at radius 2 is 2.00 bits per heavy atom. The van der Waals surface area contributed by atoms with Crippen molar-refractivity contribution in [2.75, 3.05) is 18.5 Å². The first-order valence-corrected chi connectivity index (χ1v) is 5.94. The van der Waals surface area contributed by atoms with Gasteiger partial charge in [-0.25, -0.2) is 4.39 Å². The molecule has 104 valence electrons. The van der Waals surface area contributed by atoms with Crippen molar-refractivity contribution < 1.29 is 23.5 Å². The molecule has 1 aromatic rings. The lowest BCUT2D eigenvalue weighted by Gasteiger charge is -2.08. The average molecular weight is 269 g/mol. The summed E-state index contributed by atoms with van der Waals surface area (Å²) in [6.45, 7) is 3.96. The number of ether oxygens (including phenoxy) is 2. The van der Waals surface area contributed by atoms with Gasteiger partial charge < -0.3 is 14.8 Å². The molecule has 19 heavy (non-hydrogen) atoms. The maximum Gasteiger partial charge on any atom is 0.315 e. The lowest BCUT2D eigenvalue weighted by Crippen LogP contribution is -2.18. The van der Waals surface area contributed by atoms with Crippen molar-refractivity contribution in [3.05, 3.63) is 24.0 Å². The largest absolute Gasteiger partial charge is 0.491 e. The molecule has 5 nitrogen and oxygen atoms in total. The van der Waals surface area contributed by atoms with Crippen LogP contribution in [0, 0.1) is 5.82 Å². The van der Waals surface area contributed by atoms with E-state index in [0.717, 1.165) is 6.07 Å². The van der Waals surface area contributed by atoms with Gasteiger partial charge in [0, 0.05) is 11.8 Å². The third-order valence-electron chi connectivity index (χ3n) is 2.13. The van der Waals surface area contributed by atoms with Gasteiger partial charge >= 0.3 is 5.97 Å². The number of carbonyl (C=O) groups excluding carboxylic acids is 2. The highest BCUT2D eigenvalue weighted by Gasteiger charge is 2.11. The van der Waals surface area contributed by atoms with Gasteiger partial charge in [-0.1, -0.05) is 0 Å². The highest BCUT2D eigenvalue weighted by atomic mass is 19.1. The van der Waals surface area contributed by atoms with Gasteiger partial charge in [0.05, 0.1) is 13.2 Å². The summed E-state index contributed by atoms with van der Waals surface area (Å²) in [4.78, 5) is 22.5. The highest BCUT2D eigenvalue weighted by Crippen LogP contribution is 2.21. The van der Waals surface area contributed by atoms with Crippen LogP contribution < -0.4 is 10.1 Å². The van der Waals surface area contributed by atoms with Crippen LogP contribution in [0.1, 0.15) is 20.3 Å². The minimum absolute atomic E-state index is 0.117. The summed E-state index contributed by atoms with van der Waals surface area (Å²) < 4.78 is 23.2. The van der Waals surface area contributed by atoms with Gasteiger partial charge in [0.1, 0.15) is 6.42 Å². The van der Waals surface area contributed by atoms with Gasteiger partial charge in [-0.05, 0) is 26.0 Å². The molecule has 0 aliphatic rings. The van der Waals surface area contributed by atoms with Gasteiger partial charge in [0.15, 0.2) is 11.6 Å². The summed E-state index contributed by atoms with van der Waals surface area (Å²) in [5.41, 5.74) is 0.259. The number of rotatable bonds is 6. The SMILES string of the molecule is CCOC(=O)CC(=O)Nc1ccc(OCC)c(F)c1. The van der Waals surface area contributed by atoms with Crippen molar-refractivity contribution in [1.82, 2.24) is 0 Å². The highest BCUT2D eigenvalue weighted by molar-refractivity contribution is 6.01. The second-order valence-electron chi connectivity index (χ2n) is 3.61. The van der Waals surface area contributed by atoms with Crippen molar-refractivity contribution >= 4 is 17.6 Å². The molecular formula is C13H16FNO4. The molecule has 0 spiro atoms. The molecule has 0 aliphatic carbocycles. The smallest absolute Gasteiger partial charge is 0.315 e. The molecule has 6 heteroatoms. The molecule has 0 saturated heterocycles. The van der Waals surface area contributed by atoms with Crippen molar-refractivity contribution in [3.8, 4) is 5.75 Å². The van der Waals surface area contributed by atoms with Gasteiger partial charge in [-0.15, -0.1) is 0 Å². The van der Waals surface area contributed by atoms with Gasteiger partial charge in [0.2, 0.25) is 5.91 Å². The monoisotopic (exact) mass is 269 g/mol. The fourth-order valence-electron chi connectivity index (χ4n) is 1.40. The van der Waals surface area contributed by atoms with Crippen LogP contribution in [0.5, 0.6) is 5.75 Å². The molecule has 0 saturated carbocycles. The molecule has 1 N–H and O–H groups in total. The number of hydrogen-bond donors (Lipinski definition) is 1. The molecule has 0 atom stereocenters. The van der Waals surface area contributed by atoms with E-state index in [-0.39, 0.29) is 18.0 Å². The lowest BCUT2D eigenvalue weighted by atomic mass is 10.2. The fraction of sp³-hybridized carbons (Fsp3) is 0.385. The Morgan fingerprint density at radius 1 is 1.26 bits per heavy atom. The molecule has 0 aliphatic heterocycles. The van der Waals surface area contributed by atoms with E-state index in [0.29, 0.717) is 6.61 Å². The number of esters is 1. The summed E-state index contributed by atoms with van der Waals surface area (Å²) in [6, 6.07) is 4.05. The van der Waals surface area contributed by atoms with E-state index < -0.39 is 24.1 Å². The predicted molar refractivity (Wildman–Crippen MR) is 67.4 cm³/mol. The van der Waals surface area contributed by atoms with Crippen LogP contribution in [-0.4, -0.2) is 25.1 Å². The molecule has 0 radical (unpaired) electrons.